The first-order chi connectivity index (χ1) is 12.6. The van der Waals surface area contributed by atoms with Crippen molar-refractivity contribution >= 4 is 38.9 Å². The molecule has 0 spiro atoms. The monoisotopic (exact) mass is 413 g/mol. The molecular formula is C16H16ClN3O6S. The van der Waals surface area contributed by atoms with Crippen LogP contribution in [-0.2, 0) is 14.9 Å². The minimum absolute atomic E-state index is 0.00776. The number of carbonyl (C=O) groups excluding carboxylic acids is 1. The van der Waals surface area contributed by atoms with Gasteiger partial charge in [-0.05, 0) is 31.2 Å². The molecule has 0 aliphatic carbocycles. The number of rotatable bonds is 6. The Kier molecular flexibility index (Phi) is 6.16. The van der Waals surface area contributed by atoms with E-state index in [4.69, 9.17) is 16.4 Å². The molecule has 9 nitrogen and oxygen atoms in total. The normalized spacial score (nSPS) is 11.4. The van der Waals surface area contributed by atoms with Crippen LogP contribution >= 0.6 is 11.6 Å². The molecule has 2 rings (SSSR count). The summed E-state index contributed by atoms with van der Waals surface area (Å²) < 4.78 is 25.4. The highest BCUT2D eigenvalue weighted by atomic mass is 35.5. The lowest BCUT2D eigenvalue weighted by molar-refractivity contribution is -0.385. The van der Waals surface area contributed by atoms with E-state index in [0.29, 0.717) is 4.47 Å². The van der Waals surface area contributed by atoms with Crippen molar-refractivity contribution in [1.82, 2.24) is 4.47 Å². The number of nitro groups is 1. The molecule has 0 unspecified atom stereocenters. The molecule has 2 aromatic carbocycles. The number of nitrogens with one attached hydrogen (secondary N) is 1. The summed E-state index contributed by atoms with van der Waals surface area (Å²) in [7, 11) is -1.71. The summed E-state index contributed by atoms with van der Waals surface area (Å²) >= 11 is 5.96. The average molecular weight is 414 g/mol. The van der Waals surface area contributed by atoms with Crippen molar-refractivity contribution in [2.75, 3.05) is 19.5 Å². The van der Waals surface area contributed by atoms with E-state index in [-0.39, 0.29) is 32.4 Å². The van der Waals surface area contributed by atoms with Crippen molar-refractivity contribution in [2.45, 2.75) is 11.8 Å². The largest absolute Gasteiger partial charge is 0.321 e. The lowest BCUT2D eigenvalue weighted by Crippen LogP contribution is -2.26. The SMILES string of the molecule is CON(C)S(=O)(=O)c1cc(C(=O)Nc2cccc([N+](=O)[O-])c2C)ccc1Cl. The van der Waals surface area contributed by atoms with Crippen LogP contribution in [0.15, 0.2) is 41.3 Å². The van der Waals surface area contributed by atoms with Gasteiger partial charge in [-0.15, -0.1) is 0 Å². The van der Waals surface area contributed by atoms with E-state index in [0.717, 1.165) is 6.07 Å². The second-order valence-corrected chi connectivity index (χ2v) is 7.71. The molecule has 0 aliphatic heterocycles. The average Bonchev–Trinajstić information content (AvgIpc) is 2.62. The van der Waals surface area contributed by atoms with Crippen molar-refractivity contribution in [3.8, 4) is 0 Å². The summed E-state index contributed by atoms with van der Waals surface area (Å²) in [5.41, 5.74) is 0.376. The van der Waals surface area contributed by atoms with Gasteiger partial charge in [-0.3, -0.25) is 19.7 Å². The Balaban J connectivity index is 2.41. The number of hydrogen-bond donors (Lipinski definition) is 1. The molecule has 27 heavy (non-hydrogen) atoms. The van der Waals surface area contributed by atoms with Crippen molar-refractivity contribution in [1.29, 1.82) is 0 Å². The molecule has 1 amide bonds. The van der Waals surface area contributed by atoms with E-state index in [9.17, 15) is 23.3 Å². The lowest BCUT2D eigenvalue weighted by atomic mass is 10.1. The third-order valence-electron chi connectivity index (χ3n) is 3.82. The minimum atomic E-state index is -4.06. The summed E-state index contributed by atoms with van der Waals surface area (Å²) in [6.07, 6.45) is 0. The zero-order chi connectivity index (χ0) is 20.4. The van der Waals surface area contributed by atoms with Gasteiger partial charge in [0.2, 0.25) is 0 Å². The Morgan fingerprint density at radius 3 is 2.56 bits per heavy atom. The predicted molar refractivity (Wildman–Crippen MR) is 99.2 cm³/mol. The van der Waals surface area contributed by atoms with E-state index in [1.165, 1.54) is 51.4 Å². The van der Waals surface area contributed by atoms with Crippen LogP contribution in [0.1, 0.15) is 15.9 Å². The third kappa shape index (κ3) is 4.25. The van der Waals surface area contributed by atoms with Gasteiger partial charge in [-0.25, -0.2) is 8.42 Å². The van der Waals surface area contributed by atoms with Gasteiger partial charge in [-0.1, -0.05) is 22.1 Å². The van der Waals surface area contributed by atoms with Gasteiger partial charge in [-0.2, -0.15) is 0 Å². The Morgan fingerprint density at radius 2 is 1.96 bits per heavy atom. The number of nitrogens with zero attached hydrogens (tertiary/aromatic N) is 2. The zero-order valence-corrected chi connectivity index (χ0v) is 16.2. The van der Waals surface area contributed by atoms with Crippen molar-refractivity contribution in [3.05, 3.63) is 62.7 Å². The summed E-state index contributed by atoms with van der Waals surface area (Å²) in [5.74, 6) is -0.646. The molecule has 0 fully saturated rings. The van der Waals surface area contributed by atoms with Crippen LogP contribution in [-0.4, -0.2) is 37.9 Å². The second-order valence-electron chi connectivity index (χ2n) is 5.40. The molecule has 11 heteroatoms. The number of amides is 1. The molecule has 0 atom stereocenters. The highest BCUT2D eigenvalue weighted by molar-refractivity contribution is 7.89. The number of hydrogen-bond acceptors (Lipinski definition) is 6. The first kappa shape index (κ1) is 20.8. The number of benzene rings is 2. The minimum Gasteiger partial charge on any atom is -0.321 e. The number of carbonyl (C=O) groups is 1. The zero-order valence-electron chi connectivity index (χ0n) is 14.6. The van der Waals surface area contributed by atoms with Gasteiger partial charge in [0.1, 0.15) is 4.90 Å². The van der Waals surface area contributed by atoms with Gasteiger partial charge in [0, 0.05) is 18.7 Å². The van der Waals surface area contributed by atoms with Crippen LogP contribution in [0.5, 0.6) is 0 Å². The first-order valence-electron chi connectivity index (χ1n) is 7.47. The lowest BCUT2D eigenvalue weighted by Gasteiger charge is -2.16. The highest BCUT2D eigenvalue weighted by Gasteiger charge is 2.25. The van der Waals surface area contributed by atoms with E-state index in [1.54, 1.807) is 0 Å². The summed E-state index contributed by atoms with van der Waals surface area (Å²) in [6, 6.07) is 7.98. The number of halogens is 1. The number of sulfonamides is 1. The second kappa shape index (κ2) is 8.01. The maximum atomic E-state index is 12.5. The molecular weight excluding hydrogens is 398 g/mol. The maximum Gasteiger partial charge on any atom is 0.274 e. The van der Waals surface area contributed by atoms with E-state index >= 15 is 0 Å². The number of nitro benzene ring substituents is 1. The standard InChI is InChI=1S/C16H16ClN3O6S/c1-10-13(5-4-6-14(10)20(22)23)18-16(21)11-7-8-12(17)15(9-11)27(24,25)19(2)26-3/h4-9H,1-3H3,(H,18,21). The summed E-state index contributed by atoms with van der Waals surface area (Å²) in [5, 5.41) is 13.5. The van der Waals surface area contributed by atoms with Gasteiger partial charge >= 0.3 is 0 Å². The molecule has 0 saturated heterocycles. The predicted octanol–water partition coefficient (Wildman–Crippen LogP) is 2.99. The van der Waals surface area contributed by atoms with E-state index < -0.39 is 20.9 Å². The van der Waals surface area contributed by atoms with E-state index in [2.05, 4.69) is 5.32 Å². The molecule has 0 aromatic heterocycles. The van der Waals surface area contributed by atoms with Crippen LogP contribution in [0.2, 0.25) is 5.02 Å². The van der Waals surface area contributed by atoms with E-state index in [1.807, 2.05) is 0 Å². The summed E-state index contributed by atoms with van der Waals surface area (Å²) in [4.78, 5) is 27.4. The van der Waals surface area contributed by atoms with Crippen LogP contribution in [0.3, 0.4) is 0 Å². The van der Waals surface area contributed by atoms with Crippen molar-refractivity contribution in [3.63, 3.8) is 0 Å². The molecule has 2 aromatic rings. The smallest absolute Gasteiger partial charge is 0.274 e. The Hall–Kier alpha value is -2.53. The Morgan fingerprint density at radius 1 is 1.30 bits per heavy atom. The van der Waals surface area contributed by atoms with Gasteiger partial charge in [0.15, 0.2) is 0 Å². The van der Waals surface area contributed by atoms with Crippen molar-refractivity contribution < 1.29 is 23.0 Å². The molecule has 0 heterocycles. The van der Waals surface area contributed by atoms with Crippen LogP contribution in [0.25, 0.3) is 0 Å². The fourth-order valence-corrected chi connectivity index (χ4v) is 3.70. The van der Waals surface area contributed by atoms with Crippen molar-refractivity contribution in [2.24, 2.45) is 0 Å². The maximum absolute atomic E-state index is 12.5. The molecule has 0 aliphatic rings. The molecule has 0 saturated carbocycles. The van der Waals surface area contributed by atoms with Crippen LogP contribution < -0.4 is 5.32 Å². The molecule has 1 N–H and O–H groups in total. The van der Waals surface area contributed by atoms with Gasteiger partial charge < -0.3 is 5.32 Å². The third-order valence-corrected chi connectivity index (χ3v) is 5.98. The fraction of sp³-hybridized carbons (Fsp3) is 0.188. The molecule has 0 radical (unpaired) electrons. The van der Waals surface area contributed by atoms with Gasteiger partial charge in [0.05, 0.1) is 28.3 Å². The highest BCUT2D eigenvalue weighted by Crippen LogP contribution is 2.28. The fourth-order valence-electron chi connectivity index (χ4n) is 2.23. The Bertz CT molecular complexity index is 1010. The first-order valence-corrected chi connectivity index (χ1v) is 9.29. The van der Waals surface area contributed by atoms with Crippen LogP contribution in [0, 0.1) is 17.0 Å². The topological polar surface area (TPSA) is 119 Å². The number of hydroxylamine groups is 1. The van der Waals surface area contributed by atoms with Gasteiger partial charge in [0.25, 0.3) is 21.6 Å². The number of anilines is 1. The quantitative estimate of drug-likeness (QED) is 0.574. The molecule has 0 bridgehead atoms. The molecule has 144 valence electrons. The Labute approximate surface area is 160 Å². The summed E-state index contributed by atoms with van der Waals surface area (Å²) in [6.45, 7) is 1.50. The van der Waals surface area contributed by atoms with Crippen LogP contribution in [0.4, 0.5) is 11.4 Å².